The number of benzene rings is 1. The second-order valence-corrected chi connectivity index (χ2v) is 5.02. The van der Waals surface area contributed by atoms with Gasteiger partial charge in [-0.3, -0.25) is 4.79 Å². The summed E-state index contributed by atoms with van der Waals surface area (Å²) in [5.74, 6) is -0.121. The Balaban J connectivity index is 1.87. The van der Waals surface area contributed by atoms with Crippen LogP contribution in [0.2, 0.25) is 0 Å². The first-order chi connectivity index (χ1) is 9.15. The smallest absolute Gasteiger partial charge is 0.244 e. The molecule has 3 N–H and O–H groups in total. The van der Waals surface area contributed by atoms with Gasteiger partial charge in [0.1, 0.15) is 0 Å². The summed E-state index contributed by atoms with van der Waals surface area (Å²) >= 11 is 1.54. The monoisotopic (exact) mass is 273 g/mol. The van der Waals surface area contributed by atoms with E-state index in [1.165, 1.54) is 6.08 Å². The summed E-state index contributed by atoms with van der Waals surface area (Å²) in [4.78, 5) is 16.9. The minimum atomic E-state index is -0.121. The van der Waals surface area contributed by atoms with E-state index >= 15 is 0 Å². The van der Waals surface area contributed by atoms with Crippen LogP contribution in [0.5, 0.6) is 0 Å². The molecular weight excluding hydrogens is 258 g/mol. The molecule has 0 bridgehead atoms. The predicted molar refractivity (Wildman–Crippen MR) is 78.6 cm³/mol. The zero-order valence-electron chi connectivity index (χ0n) is 10.6. The van der Waals surface area contributed by atoms with E-state index in [-0.39, 0.29) is 5.91 Å². The van der Waals surface area contributed by atoms with E-state index in [9.17, 15) is 4.79 Å². The minimum Gasteiger partial charge on any atom is -0.399 e. The van der Waals surface area contributed by atoms with Crippen molar-refractivity contribution >= 4 is 29.0 Å². The first-order valence-corrected chi connectivity index (χ1v) is 6.73. The molecule has 0 aliphatic carbocycles. The summed E-state index contributed by atoms with van der Waals surface area (Å²) < 4.78 is 0. The number of carbonyl (C=O) groups is 1. The van der Waals surface area contributed by atoms with Crippen molar-refractivity contribution < 1.29 is 4.79 Å². The van der Waals surface area contributed by atoms with Gasteiger partial charge in [-0.1, -0.05) is 12.1 Å². The molecule has 5 heteroatoms. The highest BCUT2D eigenvalue weighted by atomic mass is 32.1. The average Bonchev–Trinajstić information content (AvgIpc) is 2.81. The summed E-state index contributed by atoms with van der Waals surface area (Å²) in [5.41, 5.74) is 9.99. The van der Waals surface area contributed by atoms with E-state index in [1.54, 1.807) is 35.1 Å². The molecule has 0 spiro atoms. The molecule has 1 heterocycles. The third-order valence-electron chi connectivity index (χ3n) is 2.63. The van der Waals surface area contributed by atoms with Gasteiger partial charge in [-0.25, -0.2) is 4.98 Å². The van der Waals surface area contributed by atoms with Gasteiger partial charge in [0.05, 0.1) is 17.7 Å². The van der Waals surface area contributed by atoms with Crippen LogP contribution < -0.4 is 11.1 Å². The first kappa shape index (κ1) is 13.3. The molecule has 4 nitrogen and oxygen atoms in total. The third kappa shape index (κ3) is 3.93. The molecule has 98 valence electrons. The van der Waals surface area contributed by atoms with Crippen LogP contribution in [-0.4, -0.2) is 10.9 Å². The molecule has 1 amide bonds. The normalized spacial score (nSPS) is 10.8. The van der Waals surface area contributed by atoms with Crippen molar-refractivity contribution in [1.82, 2.24) is 10.3 Å². The summed E-state index contributed by atoms with van der Waals surface area (Å²) in [5, 5.41) is 2.83. The second-order valence-electron chi connectivity index (χ2n) is 4.08. The van der Waals surface area contributed by atoms with E-state index in [0.717, 1.165) is 16.1 Å². The van der Waals surface area contributed by atoms with Crippen LogP contribution in [0, 0.1) is 6.92 Å². The van der Waals surface area contributed by atoms with Crippen molar-refractivity contribution in [3.05, 3.63) is 52.0 Å². The molecule has 2 aromatic rings. The fourth-order valence-electron chi connectivity index (χ4n) is 1.50. The summed E-state index contributed by atoms with van der Waals surface area (Å²) in [6.07, 6.45) is 3.27. The number of anilines is 1. The zero-order chi connectivity index (χ0) is 13.7. The standard InChI is InChI=1S/C14H15N3OS/c1-10-13(19-9-17-10)8-16-14(18)7-4-11-2-5-12(15)6-3-11/h2-7,9H,8,15H2,1H3,(H,16,18)/b7-4+. The van der Waals surface area contributed by atoms with E-state index in [2.05, 4.69) is 10.3 Å². The van der Waals surface area contributed by atoms with Crippen LogP contribution in [0.3, 0.4) is 0 Å². The molecule has 0 radical (unpaired) electrons. The lowest BCUT2D eigenvalue weighted by molar-refractivity contribution is -0.116. The average molecular weight is 273 g/mol. The zero-order valence-corrected chi connectivity index (χ0v) is 11.4. The molecule has 0 aliphatic heterocycles. The number of carbonyl (C=O) groups excluding carboxylic acids is 1. The van der Waals surface area contributed by atoms with Gasteiger partial charge < -0.3 is 11.1 Å². The Kier molecular flexibility index (Phi) is 4.30. The van der Waals surface area contributed by atoms with Crippen molar-refractivity contribution in [2.24, 2.45) is 0 Å². The molecule has 19 heavy (non-hydrogen) atoms. The number of thiazole rings is 1. The molecule has 0 atom stereocenters. The molecule has 0 saturated heterocycles. The Morgan fingerprint density at radius 1 is 1.42 bits per heavy atom. The Morgan fingerprint density at radius 3 is 2.79 bits per heavy atom. The molecule has 0 fully saturated rings. The number of aromatic nitrogens is 1. The summed E-state index contributed by atoms with van der Waals surface area (Å²) in [6, 6.07) is 7.34. The van der Waals surface area contributed by atoms with Gasteiger partial charge >= 0.3 is 0 Å². The molecule has 2 rings (SSSR count). The number of nitrogen functional groups attached to an aromatic ring is 1. The van der Waals surface area contributed by atoms with Crippen LogP contribution >= 0.6 is 11.3 Å². The first-order valence-electron chi connectivity index (χ1n) is 5.85. The van der Waals surface area contributed by atoms with Gasteiger partial charge in [0.25, 0.3) is 0 Å². The highest BCUT2D eigenvalue weighted by Gasteiger charge is 2.02. The van der Waals surface area contributed by atoms with E-state index in [4.69, 9.17) is 5.73 Å². The van der Waals surface area contributed by atoms with Crippen molar-refractivity contribution in [3.63, 3.8) is 0 Å². The Labute approximate surface area is 116 Å². The summed E-state index contributed by atoms with van der Waals surface area (Å²) in [7, 11) is 0. The number of amides is 1. The van der Waals surface area contributed by atoms with Gasteiger partial charge in [-0.2, -0.15) is 0 Å². The molecular formula is C14H15N3OS. The third-order valence-corrected chi connectivity index (χ3v) is 3.57. The number of nitrogens with one attached hydrogen (secondary N) is 1. The molecule has 0 unspecified atom stereocenters. The van der Waals surface area contributed by atoms with Gasteiger partial charge in [-0.05, 0) is 30.7 Å². The Bertz CT molecular complexity index is 587. The second kappa shape index (κ2) is 6.15. The SMILES string of the molecule is Cc1ncsc1CNC(=O)/C=C/c1ccc(N)cc1. The van der Waals surface area contributed by atoms with Crippen molar-refractivity contribution in [1.29, 1.82) is 0 Å². The highest BCUT2D eigenvalue weighted by molar-refractivity contribution is 7.09. The largest absolute Gasteiger partial charge is 0.399 e. The van der Waals surface area contributed by atoms with Gasteiger partial charge in [0, 0.05) is 16.6 Å². The van der Waals surface area contributed by atoms with E-state index < -0.39 is 0 Å². The number of nitrogens with zero attached hydrogens (tertiary/aromatic N) is 1. The topological polar surface area (TPSA) is 68.0 Å². The number of aryl methyl sites for hydroxylation is 1. The Morgan fingerprint density at radius 2 is 2.16 bits per heavy atom. The lowest BCUT2D eigenvalue weighted by Gasteiger charge is -2.00. The Hall–Kier alpha value is -2.14. The van der Waals surface area contributed by atoms with Crippen LogP contribution in [0.4, 0.5) is 5.69 Å². The fraction of sp³-hybridized carbons (Fsp3) is 0.143. The summed E-state index contributed by atoms with van der Waals surface area (Å²) in [6.45, 7) is 2.45. The van der Waals surface area contributed by atoms with Crippen LogP contribution in [0.25, 0.3) is 6.08 Å². The number of hydrogen-bond donors (Lipinski definition) is 2. The molecule has 0 saturated carbocycles. The van der Waals surface area contributed by atoms with Crippen molar-refractivity contribution in [2.45, 2.75) is 13.5 Å². The van der Waals surface area contributed by atoms with Crippen molar-refractivity contribution in [2.75, 3.05) is 5.73 Å². The van der Waals surface area contributed by atoms with Gasteiger partial charge in [0.15, 0.2) is 0 Å². The van der Waals surface area contributed by atoms with E-state index in [1.807, 2.05) is 19.1 Å². The molecule has 1 aromatic carbocycles. The predicted octanol–water partition coefficient (Wildman–Crippen LogP) is 2.36. The molecule has 1 aromatic heterocycles. The van der Waals surface area contributed by atoms with Crippen molar-refractivity contribution in [3.8, 4) is 0 Å². The van der Waals surface area contributed by atoms with Gasteiger partial charge in [-0.15, -0.1) is 11.3 Å². The number of nitrogens with two attached hydrogens (primary N) is 1. The van der Waals surface area contributed by atoms with Crippen LogP contribution in [0.15, 0.2) is 35.9 Å². The maximum absolute atomic E-state index is 11.7. The maximum atomic E-state index is 11.7. The lowest BCUT2D eigenvalue weighted by atomic mass is 10.2. The highest BCUT2D eigenvalue weighted by Crippen LogP contribution is 2.11. The minimum absolute atomic E-state index is 0.121. The van der Waals surface area contributed by atoms with E-state index in [0.29, 0.717) is 12.2 Å². The quantitative estimate of drug-likeness (QED) is 0.664. The van der Waals surface area contributed by atoms with Crippen LogP contribution in [0.1, 0.15) is 16.1 Å². The maximum Gasteiger partial charge on any atom is 0.244 e. The fourth-order valence-corrected chi connectivity index (χ4v) is 2.22. The number of rotatable bonds is 4. The van der Waals surface area contributed by atoms with Crippen LogP contribution in [-0.2, 0) is 11.3 Å². The lowest BCUT2D eigenvalue weighted by Crippen LogP contribution is -2.20. The number of hydrogen-bond acceptors (Lipinski definition) is 4. The molecule has 0 aliphatic rings. The van der Waals surface area contributed by atoms with Gasteiger partial charge in [0.2, 0.25) is 5.91 Å².